The van der Waals surface area contributed by atoms with Crippen molar-refractivity contribution in [2.75, 3.05) is 47.6 Å². The molecule has 338 valence electrons. The summed E-state index contributed by atoms with van der Waals surface area (Å²) in [6, 6.07) is -0.0817. The van der Waals surface area contributed by atoms with Crippen LogP contribution in [0.5, 0.6) is 23.0 Å². The SMILES string of the molecule is COC(=O)[C@H](CCCNC(N)=O)NC(=O)COc1cc2oc3cc(OCC(=O)N[C@@H](CCCN=C(N)N)C(=O)OC)c(OC)c(CC=C(C)C)c3c(=O)c2c(O)c1CC=C(C)C. The van der Waals surface area contributed by atoms with E-state index in [1.807, 2.05) is 33.8 Å². The third kappa shape index (κ3) is 14.1. The minimum absolute atomic E-state index is 0.00918. The molecular formula is C42H57N7O13. The molecule has 3 rings (SSSR count). The second-order valence-electron chi connectivity index (χ2n) is 14.5. The van der Waals surface area contributed by atoms with E-state index in [0.717, 1.165) is 11.1 Å². The summed E-state index contributed by atoms with van der Waals surface area (Å²) in [5.41, 5.74) is 17.5. The molecular weight excluding hydrogens is 810 g/mol. The number of guanidine groups is 1. The van der Waals surface area contributed by atoms with Crippen LogP contribution in [0.4, 0.5) is 4.79 Å². The van der Waals surface area contributed by atoms with Crippen molar-refractivity contribution in [3.8, 4) is 23.0 Å². The Hall–Kier alpha value is -6.99. The molecule has 0 saturated carbocycles. The standard InChI is InChI=1S/C42H57N7O13/c1-22(2)12-14-24-28(60-20-32(50)48-27(40(55)59-7)11-9-17-47-42(45)56)18-30-35(36(24)52)37(53)34-25(15-13-23(3)4)38(57-5)31(19-29(34)62-30)61-21-33(51)49-26(39(54)58-6)10-8-16-46-41(43)44/h12-13,18-19,26-27,52H,8-11,14-17,20-21H2,1-7H3,(H,48,50)(H,49,51)(H4,43,44,46)(H3,45,47,56)/t26-,27-/m0/s1. The molecule has 0 unspecified atom stereocenters. The number of nitrogens with two attached hydrogens (primary N) is 3. The summed E-state index contributed by atoms with van der Waals surface area (Å²) in [6.45, 7) is 6.61. The van der Waals surface area contributed by atoms with Crippen LogP contribution in [0.3, 0.4) is 0 Å². The molecule has 62 heavy (non-hydrogen) atoms. The number of urea groups is 1. The number of hydrogen-bond donors (Lipinski definition) is 7. The normalized spacial score (nSPS) is 11.7. The smallest absolute Gasteiger partial charge is 0.328 e. The second-order valence-corrected chi connectivity index (χ2v) is 14.5. The molecule has 0 saturated heterocycles. The summed E-state index contributed by atoms with van der Waals surface area (Å²) in [4.78, 5) is 80.6. The topological polar surface area (TPSA) is 308 Å². The maximum atomic E-state index is 14.5. The fourth-order valence-electron chi connectivity index (χ4n) is 6.23. The van der Waals surface area contributed by atoms with Gasteiger partial charge in [0.2, 0.25) is 5.43 Å². The molecule has 2 aromatic carbocycles. The number of methoxy groups -OCH3 is 3. The van der Waals surface area contributed by atoms with Crippen molar-refractivity contribution in [2.45, 2.75) is 78.3 Å². The van der Waals surface area contributed by atoms with E-state index >= 15 is 0 Å². The quantitative estimate of drug-likeness (QED) is 0.0180. The molecule has 1 heterocycles. The number of nitrogens with one attached hydrogen (secondary N) is 3. The summed E-state index contributed by atoms with van der Waals surface area (Å²) in [5, 5.41) is 19.2. The van der Waals surface area contributed by atoms with Crippen molar-refractivity contribution in [3.05, 3.63) is 56.8 Å². The number of aromatic hydroxyl groups is 1. The van der Waals surface area contributed by atoms with Gasteiger partial charge in [0.25, 0.3) is 11.8 Å². The van der Waals surface area contributed by atoms with Crippen LogP contribution in [-0.4, -0.2) is 101 Å². The van der Waals surface area contributed by atoms with Gasteiger partial charge in [-0.3, -0.25) is 19.4 Å². The summed E-state index contributed by atoms with van der Waals surface area (Å²) in [7, 11) is 3.73. The zero-order valence-electron chi connectivity index (χ0n) is 36.1. The lowest BCUT2D eigenvalue weighted by molar-refractivity contribution is -0.145. The van der Waals surface area contributed by atoms with Crippen LogP contribution in [0.15, 0.2) is 49.6 Å². The van der Waals surface area contributed by atoms with Crippen LogP contribution in [0.2, 0.25) is 0 Å². The zero-order valence-corrected chi connectivity index (χ0v) is 36.1. The average Bonchev–Trinajstić information content (AvgIpc) is 3.21. The van der Waals surface area contributed by atoms with E-state index in [2.05, 4.69) is 20.9 Å². The fraction of sp³-hybridized carbons (Fsp3) is 0.452. The minimum atomic E-state index is -1.07. The number of ether oxygens (including phenoxy) is 5. The maximum Gasteiger partial charge on any atom is 0.328 e. The van der Waals surface area contributed by atoms with Gasteiger partial charge in [-0.2, -0.15) is 0 Å². The molecule has 0 aliphatic rings. The van der Waals surface area contributed by atoms with E-state index in [9.17, 15) is 33.9 Å². The van der Waals surface area contributed by atoms with Gasteiger partial charge in [0, 0.05) is 36.3 Å². The van der Waals surface area contributed by atoms with Gasteiger partial charge in [-0.25, -0.2) is 14.4 Å². The Morgan fingerprint density at radius 2 is 1.29 bits per heavy atom. The van der Waals surface area contributed by atoms with Gasteiger partial charge in [-0.15, -0.1) is 0 Å². The van der Waals surface area contributed by atoms with Crippen LogP contribution in [0, 0.1) is 0 Å². The molecule has 3 aromatic rings. The van der Waals surface area contributed by atoms with Gasteiger partial charge in [0.1, 0.15) is 40.1 Å². The predicted molar refractivity (Wildman–Crippen MR) is 230 cm³/mol. The number of primary amides is 1. The number of fused-ring (bicyclic) bond motifs is 2. The number of phenolic OH excluding ortho intramolecular Hbond substituents is 1. The van der Waals surface area contributed by atoms with Crippen molar-refractivity contribution in [1.82, 2.24) is 16.0 Å². The zero-order chi connectivity index (χ0) is 46.1. The van der Waals surface area contributed by atoms with Gasteiger partial charge in [0.15, 0.2) is 30.7 Å². The lowest BCUT2D eigenvalue weighted by Gasteiger charge is -2.19. The highest BCUT2D eigenvalue weighted by molar-refractivity contribution is 5.98. The molecule has 10 N–H and O–H groups in total. The summed E-state index contributed by atoms with van der Waals surface area (Å²) in [6.07, 6.45) is 4.86. The Kier molecular flexibility index (Phi) is 18.9. The van der Waals surface area contributed by atoms with E-state index in [-0.39, 0.29) is 89.5 Å². The molecule has 1 aromatic heterocycles. The molecule has 0 aliphatic heterocycles. The monoisotopic (exact) mass is 867 g/mol. The van der Waals surface area contributed by atoms with Crippen LogP contribution >= 0.6 is 0 Å². The highest BCUT2D eigenvalue weighted by atomic mass is 16.5. The van der Waals surface area contributed by atoms with Crippen LogP contribution in [0.1, 0.15) is 64.5 Å². The molecule has 2 atom stereocenters. The minimum Gasteiger partial charge on any atom is -0.507 e. The largest absolute Gasteiger partial charge is 0.507 e. The Balaban J connectivity index is 2.10. The first-order valence-electron chi connectivity index (χ1n) is 19.6. The number of amides is 4. The van der Waals surface area contributed by atoms with Crippen LogP contribution < -0.4 is 52.8 Å². The van der Waals surface area contributed by atoms with Gasteiger partial charge in [-0.1, -0.05) is 23.3 Å². The number of carbonyl (C=O) groups excluding carboxylic acids is 5. The lowest BCUT2D eigenvalue weighted by atomic mass is 9.98. The number of carbonyl (C=O) groups is 5. The van der Waals surface area contributed by atoms with Gasteiger partial charge < -0.3 is 66.4 Å². The molecule has 0 fully saturated rings. The highest BCUT2D eigenvalue weighted by Crippen LogP contribution is 2.41. The third-order valence-corrected chi connectivity index (χ3v) is 9.22. The number of nitrogens with zero attached hydrogens (tertiary/aromatic N) is 1. The fourth-order valence-corrected chi connectivity index (χ4v) is 6.23. The number of esters is 2. The first-order chi connectivity index (χ1) is 29.4. The van der Waals surface area contributed by atoms with Gasteiger partial charge >= 0.3 is 18.0 Å². The first kappa shape index (κ1) is 49.4. The molecule has 0 aliphatic carbocycles. The Morgan fingerprint density at radius 3 is 1.81 bits per heavy atom. The highest BCUT2D eigenvalue weighted by Gasteiger charge is 2.27. The molecule has 4 amide bonds. The summed E-state index contributed by atoms with van der Waals surface area (Å²) in [5.74, 6) is -3.17. The Morgan fingerprint density at radius 1 is 0.774 bits per heavy atom. The molecule has 20 heteroatoms. The molecule has 0 bridgehead atoms. The van der Waals surface area contributed by atoms with E-state index in [4.69, 9.17) is 45.3 Å². The van der Waals surface area contributed by atoms with Gasteiger partial charge in [0.05, 0.1) is 26.7 Å². The Bertz CT molecular complexity index is 2270. The predicted octanol–water partition coefficient (Wildman–Crippen LogP) is 2.25. The Labute approximate surface area is 358 Å². The van der Waals surface area contributed by atoms with Crippen molar-refractivity contribution in [1.29, 1.82) is 0 Å². The van der Waals surface area contributed by atoms with Gasteiger partial charge in [-0.05, 0) is 66.2 Å². The number of aliphatic imine (C=N–C) groups is 1. The third-order valence-electron chi connectivity index (χ3n) is 9.22. The number of allylic oxidation sites excluding steroid dienone is 4. The summed E-state index contributed by atoms with van der Waals surface area (Å²) < 4.78 is 33.6. The van der Waals surface area contributed by atoms with E-state index in [0.29, 0.717) is 18.4 Å². The molecule has 0 spiro atoms. The number of hydrogen-bond acceptors (Lipinski definition) is 14. The van der Waals surface area contributed by atoms with E-state index in [1.165, 1.54) is 33.5 Å². The van der Waals surface area contributed by atoms with Crippen molar-refractivity contribution >= 4 is 57.7 Å². The summed E-state index contributed by atoms with van der Waals surface area (Å²) >= 11 is 0. The van der Waals surface area contributed by atoms with E-state index in [1.54, 1.807) is 6.08 Å². The number of rotatable bonds is 23. The van der Waals surface area contributed by atoms with Crippen molar-refractivity contribution in [3.63, 3.8) is 0 Å². The lowest BCUT2D eigenvalue weighted by Crippen LogP contribution is -2.44. The van der Waals surface area contributed by atoms with E-state index < -0.39 is 66.3 Å². The van der Waals surface area contributed by atoms with Crippen LogP contribution in [0.25, 0.3) is 21.9 Å². The second kappa shape index (κ2) is 23.7. The first-order valence-corrected chi connectivity index (χ1v) is 19.6. The number of phenols is 1. The molecule has 0 radical (unpaired) electrons. The van der Waals surface area contributed by atoms with Crippen molar-refractivity contribution in [2.24, 2.45) is 22.2 Å². The number of benzene rings is 2. The van der Waals surface area contributed by atoms with Crippen molar-refractivity contribution < 1.29 is 57.2 Å². The van der Waals surface area contributed by atoms with Crippen LogP contribution in [-0.2, 0) is 41.5 Å². The molecule has 20 nitrogen and oxygen atoms in total. The average molecular weight is 868 g/mol. The maximum absolute atomic E-state index is 14.5.